The normalized spacial score (nSPS) is 9.90. The number of phosphoric acid groups is 1. The van der Waals surface area contributed by atoms with Crippen LogP contribution in [-0.4, -0.2) is 16.4 Å². The van der Waals surface area contributed by atoms with E-state index < -0.39 is 7.82 Å². The second-order valence-electron chi connectivity index (χ2n) is 1.32. The van der Waals surface area contributed by atoms with Gasteiger partial charge in [-0.2, -0.15) is 0 Å². The molecule has 0 aromatic carbocycles. The highest BCUT2D eigenvalue weighted by atomic mass is 31.2. The third-order valence-electron chi connectivity index (χ3n) is 0.464. The van der Waals surface area contributed by atoms with Gasteiger partial charge in [-0.25, -0.2) is 4.57 Å². The Morgan fingerprint density at radius 2 is 1.90 bits per heavy atom. The molecule has 0 aromatic rings. The van der Waals surface area contributed by atoms with Crippen LogP contribution < -0.4 is 0 Å². The predicted molar refractivity (Wildman–Crippen MR) is 39.5 cm³/mol. The summed E-state index contributed by atoms with van der Waals surface area (Å²) in [6.07, 6.45) is 0.616. The first kappa shape index (κ1) is 12.5. The van der Waals surface area contributed by atoms with Gasteiger partial charge in [-0.05, 0) is 6.42 Å². The van der Waals surface area contributed by atoms with Crippen molar-refractivity contribution >= 4 is 7.82 Å². The minimum atomic E-state index is -4.18. The van der Waals surface area contributed by atoms with Crippen molar-refractivity contribution in [2.75, 3.05) is 6.61 Å². The lowest BCUT2D eigenvalue weighted by molar-refractivity contribution is 0.197. The second-order valence-corrected chi connectivity index (χ2v) is 2.56. The van der Waals surface area contributed by atoms with Crippen LogP contribution >= 0.6 is 7.82 Å². The Balaban J connectivity index is 0. The van der Waals surface area contributed by atoms with E-state index in [2.05, 4.69) is 17.7 Å². The van der Waals surface area contributed by atoms with Crippen LogP contribution in [0.25, 0.3) is 0 Å². The van der Waals surface area contributed by atoms with E-state index in [4.69, 9.17) is 9.79 Å². The summed E-state index contributed by atoms with van der Waals surface area (Å²) in [5, 5.41) is 0. The van der Waals surface area contributed by atoms with Gasteiger partial charge >= 0.3 is 7.82 Å². The fraction of sp³-hybridized carbons (Fsp3) is 0.600. The van der Waals surface area contributed by atoms with Crippen molar-refractivity contribution in [3.8, 4) is 0 Å². The Kier molecular flexibility index (Phi) is 8.72. The Bertz CT molecular complexity index is 108. The van der Waals surface area contributed by atoms with Gasteiger partial charge in [-0.15, -0.1) is 13.2 Å². The van der Waals surface area contributed by atoms with Crippen molar-refractivity contribution in [2.45, 2.75) is 13.3 Å². The van der Waals surface area contributed by atoms with Gasteiger partial charge < -0.3 is 9.79 Å². The van der Waals surface area contributed by atoms with E-state index in [1.807, 2.05) is 0 Å². The maximum absolute atomic E-state index is 9.86. The molecule has 0 radical (unpaired) electrons. The lowest BCUT2D eigenvalue weighted by Gasteiger charge is -2.00. The molecule has 0 amide bonds. The summed E-state index contributed by atoms with van der Waals surface area (Å²) in [6.45, 7) is 7.89. The molecule has 0 fully saturated rings. The van der Waals surface area contributed by atoms with Gasteiger partial charge in [-0.1, -0.05) is 6.92 Å². The summed E-state index contributed by atoms with van der Waals surface area (Å²) in [6, 6.07) is 0. The highest BCUT2D eigenvalue weighted by molar-refractivity contribution is 7.46. The largest absolute Gasteiger partial charge is 0.469 e. The van der Waals surface area contributed by atoms with Crippen molar-refractivity contribution in [1.29, 1.82) is 0 Å². The van der Waals surface area contributed by atoms with E-state index in [1.54, 1.807) is 6.92 Å². The minimum Gasteiger partial charge on any atom is -0.303 e. The van der Waals surface area contributed by atoms with Crippen molar-refractivity contribution in [3.63, 3.8) is 0 Å². The average Bonchev–Trinajstić information content (AvgIpc) is 1.87. The molecular weight excluding hydrogens is 155 g/mol. The summed E-state index contributed by atoms with van der Waals surface area (Å²) in [4.78, 5) is 16.1. The molecule has 10 heavy (non-hydrogen) atoms. The van der Waals surface area contributed by atoms with Crippen molar-refractivity contribution < 1.29 is 18.9 Å². The average molecular weight is 168 g/mol. The standard InChI is InChI=1S/C3H9O4P.C2H4/c1-2-3-7-8(4,5)6;1-2/h2-3H2,1H3,(H2,4,5,6);1-2H2. The summed E-state index contributed by atoms with van der Waals surface area (Å²) >= 11 is 0. The van der Waals surface area contributed by atoms with E-state index in [9.17, 15) is 4.57 Å². The van der Waals surface area contributed by atoms with Crippen LogP contribution in [0.3, 0.4) is 0 Å². The van der Waals surface area contributed by atoms with Crippen LogP contribution in [0.5, 0.6) is 0 Å². The van der Waals surface area contributed by atoms with Crippen LogP contribution in [0.4, 0.5) is 0 Å². The van der Waals surface area contributed by atoms with Gasteiger partial charge in [-0.3, -0.25) is 4.52 Å². The molecule has 0 unspecified atom stereocenters. The number of rotatable bonds is 3. The van der Waals surface area contributed by atoms with E-state index >= 15 is 0 Å². The molecule has 2 N–H and O–H groups in total. The molecule has 0 aliphatic carbocycles. The third-order valence-corrected chi connectivity index (χ3v) is 0.983. The number of hydrogen-bond acceptors (Lipinski definition) is 2. The summed E-state index contributed by atoms with van der Waals surface area (Å²) < 4.78 is 13.9. The molecule has 62 valence electrons. The molecule has 0 bridgehead atoms. The highest BCUT2D eigenvalue weighted by Gasteiger charge is 2.11. The zero-order valence-corrected chi connectivity index (χ0v) is 6.88. The molecule has 0 saturated heterocycles. The smallest absolute Gasteiger partial charge is 0.303 e. The fourth-order valence-electron chi connectivity index (χ4n) is 0.210. The van der Waals surface area contributed by atoms with Gasteiger partial charge in [0.15, 0.2) is 0 Å². The topological polar surface area (TPSA) is 66.8 Å². The van der Waals surface area contributed by atoms with Gasteiger partial charge in [0.1, 0.15) is 0 Å². The third kappa shape index (κ3) is 15.7. The van der Waals surface area contributed by atoms with Crippen molar-refractivity contribution in [2.24, 2.45) is 0 Å². The van der Waals surface area contributed by atoms with Crippen LogP contribution in [0.1, 0.15) is 13.3 Å². The molecule has 0 spiro atoms. The monoisotopic (exact) mass is 168 g/mol. The molecule has 5 heteroatoms. The predicted octanol–water partition coefficient (Wildman–Crippen LogP) is 1.31. The SMILES string of the molecule is C=C.CCCOP(=O)(O)O. The first-order chi connectivity index (χ1) is 4.56. The molecule has 0 aromatic heterocycles. The molecule has 0 heterocycles. The van der Waals surface area contributed by atoms with Gasteiger partial charge in [0.05, 0.1) is 6.61 Å². The van der Waals surface area contributed by atoms with Crippen LogP contribution in [-0.2, 0) is 9.09 Å². The molecule has 0 rings (SSSR count). The lowest BCUT2D eigenvalue weighted by Crippen LogP contribution is -1.88. The van der Waals surface area contributed by atoms with E-state index in [0.717, 1.165) is 0 Å². The number of phosphoric ester groups is 1. The lowest BCUT2D eigenvalue weighted by atomic mass is 10.5. The first-order valence-corrected chi connectivity index (χ1v) is 4.29. The Labute approximate surface area is 60.8 Å². The summed E-state index contributed by atoms with van der Waals surface area (Å²) in [7, 11) is -4.18. The molecule has 0 aliphatic rings. The highest BCUT2D eigenvalue weighted by Crippen LogP contribution is 2.35. The maximum atomic E-state index is 9.86. The van der Waals surface area contributed by atoms with Crippen molar-refractivity contribution in [3.05, 3.63) is 13.2 Å². The van der Waals surface area contributed by atoms with E-state index in [0.29, 0.717) is 6.42 Å². The summed E-state index contributed by atoms with van der Waals surface area (Å²) in [5.74, 6) is 0. The maximum Gasteiger partial charge on any atom is 0.469 e. The van der Waals surface area contributed by atoms with Crippen molar-refractivity contribution in [1.82, 2.24) is 0 Å². The molecular formula is C5H13O4P. The second kappa shape index (κ2) is 6.96. The van der Waals surface area contributed by atoms with Gasteiger partial charge in [0.25, 0.3) is 0 Å². The minimum absolute atomic E-state index is 0.115. The van der Waals surface area contributed by atoms with E-state index in [-0.39, 0.29) is 6.61 Å². The first-order valence-electron chi connectivity index (χ1n) is 2.76. The number of hydrogen-bond donors (Lipinski definition) is 2. The fourth-order valence-corrected chi connectivity index (χ4v) is 0.631. The zero-order valence-electron chi connectivity index (χ0n) is 5.99. The Morgan fingerprint density at radius 1 is 1.50 bits per heavy atom. The van der Waals surface area contributed by atoms with Crippen LogP contribution in [0.15, 0.2) is 13.2 Å². The quantitative estimate of drug-likeness (QED) is 0.492. The zero-order chi connectivity index (χ0) is 8.62. The van der Waals surface area contributed by atoms with Crippen LogP contribution in [0.2, 0.25) is 0 Å². The molecule has 0 atom stereocenters. The van der Waals surface area contributed by atoms with Gasteiger partial charge in [0, 0.05) is 0 Å². The van der Waals surface area contributed by atoms with E-state index in [1.165, 1.54) is 0 Å². The molecule has 0 aliphatic heterocycles. The van der Waals surface area contributed by atoms with Crippen LogP contribution in [0, 0.1) is 0 Å². The molecule has 0 saturated carbocycles. The summed E-state index contributed by atoms with van der Waals surface area (Å²) in [5.41, 5.74) is 0. The molecule has 4 nitrogen and oxygen atoms in total. The Hall–Kier alpha value is -0.150. The Morgan fingerprint density at radius 3 is 2.00 bits per heavy atom. The van der Waals surface area contributed by atoms with Gasteiger partial charge in [0.2, 0.25) is 0 Å².